The molecule has 0 aromatic rings. The van der Waals surface area contributed by atoms with Crippen molar-refractivity contribution >= 4 is 5.78 Å². The van der Waals surface area contributed by atoms with Crippen LogP contribution in [0.3, 0.4) is 0 Å². The normalized spacial score (nSPS) is 16.1. The van der Waals surface area contributed by atoms with E-state index in [1.165, 1.54) is 25.7 Å². The second-order valence-corrected chi connectivity index (χ2v) is 10.3. The highest BCUT2D eigenvalue weighted by Crippen LogP contribution is 2.40. The van der Waals surface area contributed by atoms with Gasteiger partial charge in [0, 0.05) is 34.5 Å². The predicted octanol–water partition coefficient (Wildman–Crippen LogP) is 6.33. The molecule has 0 aliphatic heterocycles. The molecule has 0 bridgehead atoms. The van der Waals surface area contributed by atoms with Crippen LogP contribution in [0.5, 0.6) is 0 Å². The predicted molar refractivity (Wildman–Crippen MR) is 121 cm³/mol. The van der Waals surface area contributed by atoms with E-state index in [2.05, 4.69) is 6.92 Å². The molecule has 0 aromatic heterocycles. The van der Waals surface area contributed by atoms with Gasteiger partial charge >= 0.3 is 0 Å². The summed E-state index contributed by atoms with van der Waals surface area (Å²) in [5, 5.41) is 23.8. The number of hydrogen-bond donors (Lipinski definition) is 0. The Balaban J connectivity index is 5.13. The molecule has 4 atom stereocenters. The zero-order valence-corrected chi connectivity index (χ0v) is 20.2. The largest absolute Gasteiger partial charge is 0.300 e. The van der Waals surface area contributed by atoms with Gasteiger partial charge in [-0.25, -0.2) is 0 Å². The summed E-state index contributed by atoms with van der Waals surface area (Å²) in [4.78, 5) is 35.5. The third-order valence-corrected chi connectivity index (χ3v) is 6.10. The van der Waals surface area contributed by atoms with Crippen molar-refractivity contribution in [3.05, 3.63) is 20.2 Å². The number of hydrogen-bond acceptors (Lipinski definition) is 5. The Morgan fingerprint density at radius 3 is 1.70 bits per heavy atom. The van der Waals surface area contributed by atoms with Crippen LogP contribution in [0.4, 0.5) is 0 Å². The minimum atomic E-state index is -1.12. The van der Waals surface area contributed by atoms with Gasteiger partial charge in [0.15, 0.2) is 0 Å². The van der Waals surface area contributed by atoms with Crippen LogP contribution < -0.4 is 0 Å². The molecule has 30 heavy (non-hydrogen) atoms. The second kappa shape index (κ2) is 13.7. The fourth-order valence-electron chi connectivity index (χ4n) is 4.57. The molecule has 176 valence electrons. The number of carbonyl (C=O) groups excluding carboxylic acids is 1. The molecule has 0 N–H and O–H groups in total. The summed E-state index contributed by atoms with van der Waals surface area (Å²) < 4.78 is 0. The molecule has 0 saturated heterocycles. The van der Waals surface area contributed by atoms with Gasteiger partial charge in [0.2, 0.25) is 12.1 Å². The zero-order chi connectivity index (χ0) is 23.5. The number of rotatable bonds is 16. The summed E-state index contributed by atoms with van der Waals surface area (Å²) in [7, 11) is 0. The van der Waals surface area contributed by atoms with E-state index in [0.29, 0.717) is 6.42 Å². The lowest BCUT2D eigenvalue weighted by atomic mass is 9.66. The van der Waals surface area contributed by atoms with Gasteiger partial charge in [-0.3, -0.25) is 25.0 Å². The molecule has 0 spiro atoms. The van der Waals surface area contributed by atoms with Gasteiger partial charge in [-0.15, -0.1) is 0 Å². The summed E-state index contributed by atoms with van der Waals surface area (Å²) in [5.74, 6) is -1.61. The maximum atomic E-state index is 12.5. The first-order valence-electron chi connectivity index (χ1n) is 11.6. The summed E-state index contributed by atoms with van der Waals surface area (Å²) >= 11 is 0. The Labute approximate surface area is 182 Å². The average Bonchev–Trinajstić information content (AvgIpc) is 2.58. The lowest BCUT2D eigenvalue weighted by Crippen LogP contribution is -2.52. The van der Waals surface area contributed by atoms with Gasteiger partial charge in [-0.05, 0) is 11.8 Å². The third-order valence-electron chi connectivity index (χ3n) is 6.10. The summed E-state index contributed by atoms with van der Waals surface area (Å²) in [6, 6.07) is -2.15. The van der Waals surface area contributed by atoms with Gasteiger partial charge in [-0.1, -0.05) is 87.0 Å². The van der Waals surface area contributed by atoms with Crippen LogP contribution in [-0.4, -0.2) is 27.7 Å². The summed E-state index contributed by atoms with van der Waals surface area (Å²) in [6.45, 7) is 12.8. The van der Waals surface area contributed by atoms with E-state index >= 15 is 0 Å². The second-order valence-electron chi connectivity index (χ2n) is 10.3. The van der Waals surface area contributed by atoms with E-state index in [1.54, 1.807) is 20.8 Å². The lowest BCUT2D eigenvalue weighted by Gasteiger charge is -2.37. The third kappa shape index (κ3) is 9.98. The monoisotopic (exact) mass is 428 g/mol. The maximum absolute atomic E-state index is 12.5. The highest BCUT2D eigenvalue weighted by atomic mass is 16.6. The molecule has 0 fully saturated rings. The Kier molecular flexibility index (Phi) is 13.0. The van der Waals surface area contributed by atoms with Crippen molar-refractivity contribution < 1.29 is 14.6 Å². The van der Waals surface area contributed by atoms with E-state index in [0.717, 1.165) is 19.3 Å². The number of carbonyl (C=O) groups is 1. The molecule has 0 heterocycles. The van der Waals surface area contributed by atoms with Crippen LogP contribution in [0.15, 0.2) is 0 Å². The molecule has 7 heteroatoms. The van der Waals surface area contributed by atoms with Crippen molar-refractivity contribution in [1.82, 2.24) is 0 Å². The summed E-state index contributed by atoms with van der Waals surface area (Å²) in [5.41, 5.74) is -0.629. The molecule has 0 amide bonds. The van der Waals surface area contributed by atoms with Gasteiger partial charge < -0.3 is 0 Å². The average molecular weight is 429 g/mol. The molecular weight excluding hydrogens is 384 g/mol. The van der Waals surface area contributed by atoms with Crippen LogP contribution >= 0.6 is 0 Å². The van der Waals surface area contributed by atoms with Crippen LogP contribution in [0.1, 0.15) is 106 Å². The number of nitro groups is 2. The Hall–Kier alpha value is -1.53. The minimum Gasteiger partial charge on any atom is -0.300 e. The highest BCUT2D eigenvalue weighted by molar-refractivity contribution is 5.78. The molecule has 4 unspecified atom stereocenters. The molecule has 0 radical (unpaired) electrons. The SMILES string of the molecule is CCCCCCCCCC(=O)CC(C)C(C(C(C(C)C)[N+](=O)[O-])C(C)(C)C)[N+](=O)[O-]. The molecule has 0 rings (SSSR count). The topological polar surface area (TPSA) is 103 Å². The quantitative estimate of drug-likeness (QED) is 0.162. The van der Waals surface area contributed by atoms with Crippen LogP contribution in [0.2, 0.25) is 0 Å². The van der Waals surface area contributed by atoms with Crippen molar-refractivity contribution in [2.45, 2.75) is 118 Å². The minimum absolute atomic E-state index is 0.0257. The van der Waals surface area contributed by atoms with Crippen molar-refractivity contribution in [2.75, 3.05) is 0 Å². The van der Waals surface area contributed by atoms with Crippen molar-refractivity contribution in [3.8, 4) is 0 Å². The van der Waals surface area contributed by atoms with Gasteiger partial charge in [0.1, 0.15) is 5.78 Å². The van der Waals surface area contributed by atoms with Crippen molar-refractivity contribution in [3.63, 3.8) is 0 Å². The number of ketones is 1. The van der Waals surface area contributed by atoms with Gasteiger partial charge in [0.25, 0.3) is 0 Å². The number of Topliss-reactive ketones (excluding diaryl/α,β-unsaturated/α-hetero) is 1. The highest BCUT2D eigenvalue weighted by Gasteiger charge is 2.53. The fourth-order valence-corrected chi connectivity index (χ4v) is 4.57. The van der Waals surface area contributed by atoms with Crippen molar-refractivity contribution in [2.24, 2.45) is 23.2 Å². The molecule has 7 nitrogen and oxygen atoms in total. The van der Waals surface area contributed by atoms with Crippen LogP contribution in [0, 0.1) is 43.4 Å². The van der Waals surface area contributed by atoms with E-state index < -0.39 is 29.3 Å². The summed E-state index contributed by atoms with van der Waals surface area (Å²) in [6.07, 6.45) is 8.34. The number of unbranched alkanes of at least 4 members (excludes halogenated alkanes) is 6. The van der Waals surface area contributed by atoms with Crippen LogP contribution in [0.25, 0.3) is 0 Å². The van der Waals surface area contributed by atoms with Crippen molar-refractivity contribution in [1.29, 1.82) is 0 Å². The first-order chi connectivity index (χ1) is 13.8. The molecule has 0 aliphatic carbocycles. The fraction of sp³-hybridized carbons (Fsp3) is 0.957. The number of nitrogens with zero attached hydrogens (tertiary/aromatic N) is 2. The Bertz CT molecular complexity index is 542. The smallest absolute Gasteiger partial charge is 0.225 e. The van der Waals surface area contributed by atoms with E-state index in [-0.39, 0.29) is 28.0 Å². The Morgan fingerprint density at radius 1 is 0.833 bits per heavy atom. The zero-order valence-electron chi connectivity index (χ0n) is 20.2. The standard InChI is InChI=1S/C23H44N2O5/c1-8-9-10-11-12-13-14-15-19(26)16-18(4)22(25(29)30)20(23(5,6)7)21(17(2)3)24(27)28/h17-18,20-22H,8-16H2,1-7H3. The van der Waals surface area contributed by atoms with Gasteiger partial charge in [-0.2, -0.15) is 0 Å². The first-order valence-corrected chi connectivity index (χ1v) is 11.6. The Morgan fingerprint density at radius 2 is 1.30 bits per heavy atom. The lowest BCUT2D eigenvalue weighted by molar-refractivity contribution is -0.591. The van der Waals surface area contributed by atoms with Gasteiger partial charge in [0.05, 0.1) is 5.92 Å². The van der Waals surface area contributed by atoms with E-state index in [4.69, 9.17) is 0 Å². The van der Waals surface area contributed by atoms with Crippen LogP contribution in [-0.2, 0) is 4.79 Å². The molecule has 0 aliphatic rings. The van der Waals surface area contributed by atoms with E-state index in [1.807, 2.05) is 20.8 Å². The van der Waals surface area contributed by atoms with E-state index in [9.17, 15) is 25.0 Å². The molecular formula is C23H44N2O5. The first kappa shape index (κ1) is 28.5. The maximum Gasteiger partial charge on any atom is 0.225 e. The molecule has 0 saturated carbocycles. The molecule has 0 aromatic carbocycles.